The Kier molecular flexibility index (Phi) is 4.41. The molecule has 0 saturated heterocycles. The minimum atomic E-state index is -3.30. The van der Waals surface area contributed by atoms with Gasteiger partial charge in [-0.15, -0.1) is 0 Å². The number of hydrogen-bond acceptors (Lipinski definition) is 3. The van der Waals surface area contributed by atoms with Crippen molar-refractivity contribution in [3.05, 3.63) is 0 Å². The summed E-state index contributed by atoms with van der Waals surface area (Å²) in [5, 5.41) is -3.30. The molecule has 0 spiro atoms. The van der Waals surface area contributed by atoms with Crippen molar-refractivity contribution in [3.8, 4) is 0 Å². The van der Waals surface area contributed by atoms with Crippen molar-refractivity contribution >= 4 is 17.6 Å². The van der Waals surface area contributed by atoms with E-state index in [1.165, 1.54) is 0 Å². The second-order valence-corrected chi connectivity index (χ2v) is 2.84. The minimum Gasteiger partial charge on any atom is -0.468 e. The van der Waals surface area contributed by atoms with Crippen LogP contribution >= 0.6 is 11.6 Å². The van der Waals surface area contributed by atoms with Gasteiger partial charge >= 0.3 is 11.4 Å². The fraction of sp³-hybridized carbons (Fsp3) is 0.833. The molecule has 1 atom stereocenters. The zero-order valence-electron chi connectivity index (χ0n) is 6.52. The van der Waals surface area contributed by atoms with Crippen LogP contribution in [0.25, 0.3) is 0 Å². The molecule has 0 aliphatic rings. The van der Waals surface area contributed by atoms with Crippen molar-refractivity contribution in [2.24, 2.45) is 5.73 Å². The molecule has 1 unspecified atom stereocenters. The number of halogens is 3. The van der Waals surface area contributed by atoms with Crippen LogP contribution < -0.4 is 5.73 Å². The molecule has 0 radical (unpaired) electrons. The number of ether oxygens (including phenoxy) is 1. The fourth-order valence-electron chi connectivity index (χ4n) is 0.588. The first kappa shape index (κ1) is 11.6. The molecule has 3 nitrogen and oxygen atoms in total. The number of esters is 1. The van der Waals surface area contributed by atoms with Crippen LogP contribution in [-0.4, -0.2) is 24.5 Å². The molecule has 0 aromatic heterocycles. The average Bonchev–Trinajstić information content (AvgIpc) is 1.97. The Morgan fingerprint density at radius 1 is 1.75 bits per heavy atom. The lowest BCUT2D eigenvalue weighted by Crippen LogP contribution is -2.32. The highest BCUT2D eigenvalue weighted by Gasteiger charge is 2.27. The number of nitrogens with two attached hydrogens (primary N) is 1. The summed E-state index contributed by atoms with van der Waals surface area (Å²) in [6.45, 7) is 0. The van der Waals surface area contributed by atoms with Crippen molar-refractivity contribution < 1.29 is 18.3 Å². The zero-order valence-corrected chi connectivity index (χ0v) is 7.28. The number of rotatable bonds is 4. The van der Waals surface area contributed by atoms with E-state index in [1.54, 1.807) is 0 Å². The zero-order chi connectivity index (χ0) is 9.78. The molecule has 0 aromatic carbocycles. The van der Waals surface area contributed by atoms with Crippen molar-refractivity contribution in [1.29, 1.82) is 0 Å². The maximum absolute atomic E-state index is 12.0. The van der Waals surface area contributed by atoms with E-state index < -0.39 is 23.8 Å². The highest BCUT2D eigenvalue weighted by molar-refractivity contribution is 6.21. The number of carbonyl (C=O) groups excluding carboxylic acids is 1. The van der Waals surface area contributed by atoms with Crippen molar-refractivity contribution in [3.63, 3.8) is 0 Å². The lowest BCUT2D eigenvalue weighted by atomic mass is 10.2. The van der Waals surface area contributed by atoms with Crippen LogP contribution in [0.5, 0.6) is 0 Å². The van der Waals surface area contributed by atoms with Crippen LogP contribution in [0, 0.1) is 0 Å². The number of alkyl halides is 3. The van der Waals surface area contributed by atoms with Gasteiger partial charge in [0.1, 0.15) is 6.04 Å². The lowest BCUT2D eigenvalue weighted by molar-refractivity contribution is -0.142. The van der Waals surface area contributed by atoms with E-state index in [0.717, 1.165) is 7.11 Å². The molecule has 72 valence electrons. The molecule has 0 fully saturated rings. The van der Waals surface area contributed by atoms with Gasteiger partial charge in [0, 0.05) is 6.42 Å². The van der Waals surface area contributed by atoms with Gasteiger partial charge in [-0.25, -0.2) is 0 Å². The second kappa shape index (κ2) is 4.57. The van der Waals surface area contributed by atoms with Crippen LogP contribution in [0.15, 0.2) is 0 Å². The van der Waals surface area contributed by atoms with Crippen molar-refractivity contribution in [2.45, 2.75) is 24.3 Å². The van der Waals surface area contributed by atoms with E-state index in [2.05, 4.69) is 16.3 Å². The molecule has 0 bridgehead atoms. The molecular weight excluding hydrogens is 192 g/mol. The third kappa shape index (κ3) is 5.26. The van der Waals surface area contributed by atoms with E-state index in [1.807, 2.05) is 0 Å². The molecule has 12 heavy (non-hydrogen) atoms. The molecule has 0 aromatic rings. The van der Waals surface area contributed by atoms with Crippen molar-refractivity contribution in [2.75, 3.05) is 7.11 Å². The molecule has 0 aliphatic carbocycles. The lowest BCUT2D eigenvalue weighted by Gasteiger charge is -2.11. The maximum atomic E-state index is 12.0. The molecule has 2 N–H and O–H groups in total. The van der Waals surface area contributed by atoms with Crippen molar-refractivity contribution in [1.82, 2.24) is 0 Å². The summed E-state index contributed by atoms with van der Waals surface area (Å²) in [4.78, 5) is 10.6. The quantitative estimate of drug-likeness (QED) is 0.547. The summed E-state index contributed by atoms with van der Waals surface area (Å²) in [7, 11) is 1.14. The normalized spacial score (nSPS) is 14.1. The standard InChI is InChI=1S/C6H10ClF2NO2/c1-12-5(11)4(10)2-3-6(7,8)9/h4H,2-3,10H2,1H3. The van der Waals surface area contributed by atoms with Gasteiger partial charge in [-0.1, -0.05) is 0 Å². The first-order chi connectivity index (χ1) is 5.37. The largest absolute Gasteiger partial charge is 0.468 e. The van der Waals surface area contributed by atoms with Gasteiger partial charge in [-0.3, -0.25) is 4.79 Å². The highest BCUT2D eigenvalue weighted by Crippen LogP contribution is 2.25. The van der Waals surface area contributed by atoms with Gasteiger partial charge in [0.2, 0.25) is 0 Å². The molecule has 0 heterocycles. The first-order valence-corrected chi connectivity index (χ1v) is 3.65. The summed E-state index contributed by atoms with van der Waals surface area (Å²) >= 11 is 4.58. The van der Waals surface area contributed by atoms with E-state index in [-0.39, 0.29) is 6.42 Å². The predicted molar refractivity (Wildman–Crippen MR) is 40.0 cm³/mol. The van der Waals surface area contributed by atoms with Crippen LogP contribution in [0.3, 0.4) is 0 Å². The molecule has 6 heteroatoms. The Hall–Kier alpha value is -0.420. The smallest absolute Gasteiger partial charge is 0.322 e. The Labute approximate surface area is 73.8 Å². The molecule has 0 saturated carbocycles. The van der Waals surface area contributed by atoms with E-state index in [0.29, 0.717) is 0 Å². The Morgan fingerprint density at radius 3 is 2.58 bits per heavy atom. The van der Waals surface area contributed by atoms with Crippen LogP contribution in [-0.2, 0) is 9.53 Å². The molecule has 0 rings (SSSR count). The molecule has 0 aliphatic heterocycles. The van der Waals surface area contributed by atoms with Gasteiger partial charge in [-0.2, -0.15) is 8.78 Å². The highest BCUT2D eigenvalue weighted by atomic mass is 35.5. The monoisotopic (exact) mass is 201 g/mol. The summed E-state index contributed by atoms with van der Waals surface area (Å²) < 4.78 is 28.2. The van der Waals surface area contributed by atoms with Gasteiger partial charge in [0.15, 0.2) is 0 Å². The Bertz CT molecular complexity index is 160. The Balaban J connectivity index is 3.72. The Morgan fingerprint density at radius 2 is 2.25 bits per heavy atom. The number of methoxy groups -OCH3 is 1. The third-order valence-electron chi connectivity index (χ3n) is 1.24. The third-order valence-corrected chi connectivity index (χ3v) is 1.43. The molecular formula is C6H10ClF2NO2. The maximum Gasteiger partial charge on any atom is 0.322 e. The predicted octanol–water partition coefficient (Wildman–Crippen LogP) is 1.10. The van der Waals surface area contributed by atoms with Gasteiger partial charge in [0.05, 0.1) is 7.11 Å². The van der Waals surface area contributed by atoms with E-state index >= 15 is 0 Å². The fourth-order valence-corrected chi connectivity index (χ4v) is 0.698. The topological polar surface area (TPSA) is 52.3 Å². The number of carbonyl (C=O) groups is 1. The summed E-state index contributed by atoms with van der Waals surface area (Å²) in [5.74, 6) is -0.712. The van der Waals surface area contributed by atoms with Gasteiger partial charge in [0.25, 0.3) is 0 Å². The second-order valence-electron chi connectivity index (χ2n) is 2.28. The van der Waals surface area contributed by atoms with Gasteiger partial charge < -0.3 is 10.5 Å². The summed E-state index contributed by atoms with van der Waals surface area (Å²) in [6, 6.07) is -1.03. The first-order valence-electron chi connectivity index (χ1n) is 3.27. The van der Waals surface area contributed by atoms with E-state index in [9.17, 15) is 13.6 Å². The number of hydrogen-bond donors (Lipinski definition) is 1. The van der Waals surface area contributed by atoms with Crippen LogP contribution in [0.2, 0.25) is 0 Å². The van der Waals surface area contributed by atoms with Crippen LogP contribution in [0.4, 0.5) is 8.78 Å². The summed E-state index contributed by atoms with van der Waals surface area (Å²) in [6.07, 6.45) is -0.825. The van der Waals surface area contributed by atoms with Gasteiger partial charge in [-0.05, 0) is 18.0 Å². The summed E-state index contributed by atoms with van der Waals surface area (Å²) in [5.41, 5.74) is 5.17. The van der Waals surface area contributed by atoms with Crippen LogP contribution in [0.1, 0.15) is 12.8 Å². The average molecular weight is 202 g/mol. The minimum absolute atomic E-state index is 0.191. The molecule has 0 amide bonds. The van der Waals surface area contributed by atoms with E-state index in [4.69, 9.17) is 5.73 Å². The SMILES string of the molecule is COC(=O)C(N)CCC(F)(F)Cl.